The van der Waals surface area contributed by atoms with E-state index in [0.717, 1.165) is 17.2 Å². The van der Waals surface area contributed by atoms with E-state index < -0.39 is 0 Å². The first-order valence-corrected chi connectivity index (χ1v) is 8.96. The van der Waals surface area contributed by atoms with Crippen LogP contribution in [-0.4, -0.2) is 16.5 Å². The minimum atomic E-state index is 0.475. The zero-order chi connectivity index (χ0) is 14.4. The SMILES string of the molecule is Cc1sc2ncnc(N3CCCC3c3cccs3)c2c1C. The van der Waals surface area contributed by atoms with Crippen molar-refractivity contribution in [3.05, 3.63) is 39.2 Å². The van der Waals surface area contributed by atoms with Crippen molar-refractivity contribution < 1.29 is 0 Å². The lowest BCUT2D eigenvalue weighted by atomic mass is 10.1. The molecule has 1 atom stereocenters. The maximum atomic E-state index is 4.65. The standard InChI is InChI=1S/C16H17N3S2/c1-10-11(2)21-16-14(10)15(17-9-18-16)19-7-3-5-12(19)13-6-4-8-20-13/h4,6,8-9,12H,3,5,7H2,1-2H3. The third kappa shape index (κ3) is 2.07. The van der Waals surface area contributed by atoms with Gasteiger partial charge in [-0.1, -0.05) is 6.07 Å². The molecule has 3 aromatic rings. The molecule has 1 aliphatic heterocycles. The summed E-state index contributed by atoms with van der Waals surface area (Å²) in [5, 5.41) is 3.42. The lowest BCUT2D eigenvalue weighted by molar-refractivity contribution is 0.727. The molecule has 21 heavy (non-hydrogen) atoms. The Bertz CT molecular complexity index is 776. The molecule has 1 saturated heterocycles. The van der Waals surface area contributed by atoms with Crippen LogP contribution in [0.4, 0.5) is 5.82 Å². The summed E-state index contributed by atoms with van der Waals surface area (Å²) in [5.41, 5.74) is 1.34. The van der Waals surface area contributed by atoms with E-state index in [2.05, 4.69) is 46.2 Å². The van der Waals surface area contributed by atoms with E-state index >= 15 is 0 Å². The van der Waals surface area contributed by atoms with Gasteiger partial charge in [0.25, 0.3) is 0 Å². The van der Waals surface area contributed by atoms with Crippen molar-refractivity contribution in [3.63, 3.8) is 0 Å². The number of hydrogen-bond acceptors (Lipinski definition) is 5. The van der Waals surface area contributed by atoms with E-state index in [-0.39, 0.29) is 0 Å². The van der Waals surface area contributed by atoms with Crippen molar-refractivity contribution >= 4 is 38.7 Å². The van der Waals surface area contributed by atoms with Gasteiger partial charge >= 0.3 is 0 Å². The lowest BCUT2D eigenvalue weighted by Crippen LogP contribution is -2.23. The average molecular weight is 315 g/mol. The first kappa shape index (κ1) is 13.2. The molecule has 0 radical (unpaired) electrons. The molecule has 0 spiro atoms. The second-order valence-electron chi connectivity index (χ2n) is 5.53. The van der Waals surface area contributed by atoms with E-state index in [1.54, 1.807) is 17.7 Å². The van der Waals surface area contributed by atoms with Gasteiger partial charge in [-0.15, -0.1) is 22.7 Å². The van der Waals surface area contributed by atoms with Crippen LogP contribution in [0.15, 0.2) is 23.8 Å². The number of thiophene rings is 2. The zero-order valence-corrected chi connectivity index (χ0v) is 13.8. The summed E-state index contributed by atoms with van der Waals surface area (Å²) in [6.45, 7) is 5.45. The molecular weight excluding hydrogens is 298 g/mol. The van der Waals surface area contributed by atoms with E-state index in [4.69, 9.17) is 0 Å². The Labute approximate surface area is 132 Å². The van der Waals surface area contributed by atoms with Crippen LogP contribution in [-0.2, 0) is 0 Å². The van der Waals surface area contributed by atoms with Crippen LogP contribution in [0.25, 0.3) is 10.2 Å². The van der Waals surface area contributed by atoms with Crippen LogP contribution in [0.1, 0.15) is 34.2 Å². The molecule has 0 aliphatic carbocycles. The Morgan fingerprint density at radius 1 is 1.29 bits per heavy atom. The van der Waals surface area contributed by atoms with Gasteiger partial charge in [0.1, 0.15) is 17.0 Å². The van der Waals surface area contributed by atoms with Crippen molar-refractivity contribution in [2.45, 2.75) is 32.7 Å². The molecule has 1 aliphatic rings. The predicted octanol–water partition coefficient (Wildman–Crippen LogP) is 4.71. The van der Waals surface area contributed by atoms with Crippen LogP contribution in [0.3, 0.4) is 0 Å². The maximum Gasteiger partial charge on any atom is 0.141 e. The highest BCUT2D eigenvalue weighted by atomic mass is 32.1. The van der Waals surface area contributed by atoms with E-state index in [1.165, 1.54) is 33.5 Å². The highest BCUT2D eigenvalue weighted by molar-refractivity contribution is 7.18. The molecule has 0 saturated carbocycles. The fourth-order valence-corrected chi connectivity index (χ4v) is 5.04. The molecule has 0 aromatic carbocycles. The summed E-state index contributed by atoms with van der Waals surface area (Å²) in [7, 11) is 0. The third-order valence-electron chi connectivity index (χ3n) is 4.34. The molecule has 1 unspecified atom stereocenters. The van der Waals surface area contributed by atoms with Crippen molar-refractivity contribution in [3.8, 4) is 0 Å². The summed E-state index contributed by atoms with van der Waals surface area (Å²) in [6.07, 6.45) is 4.17. The molecule has 0 N–H and O–H groups in total. The third-order valence-corrected chi connectivity index (χ3v) is 6.43. The Hall–Kier alpha value is -1.46. The van der Waals surface area contributed by atoms with Crippen molar-refractivity contribution in [2.75, 3.05) is 11.4 Å². The average Bonchev–Trinajstić information content (AvgIpc) is 3.20. The minimum Gasteiger partial charge on any atom is -0.348 e. The van der Waals surface area contributed by atoms with Gasteiger partial charge < -0.3 is 4.90 Å². The van der Waals surface area contributed by atoms with Gasteiger partial charge in [0, 0.05) is 16.3 Å². The van der Waals surface area contributed by atoms with Gasteiger partial charge in [0.2, 0.25) is 0 Å². The van der Waals surface area contributed by atoms with Crippen LogP contribution < -0.4 is 4.90 Å². The zero-order valence-electron chi connectivity index (χ0n) is 12.2. The summed E-state index contributed by atoms with van der Waals surface area (Å²) < 4.78 is 0. The van der Waals surface area contributed by atoms with Gasteiger partial charge in [-0.2, -0.15) is 0 Å². The number of aromatic nitrogens is 2. The Kier molecular flexibility index (Phi) is 3.19. The fourth-order valence-electron chi connectivity index (χ4n) is 3.18. The number of rotatable bonds is 2. The molecule has 4 rings (SSSR count). The number of anilines is 1. The number of nitrogens with zero attached hydrogens (tertiary/aromatic N) is 3. The summed E-state index contributed by atoms with van der Waals surface area (Å²) in [5.74, 6) is 1.12. The molecule has 1 fully saturated rings. The molecule has 108 valence electrons. The minimum absolute atomic E-state index is 0.475. The summed E-state index contributed by atoms with van der Waals surface area (Å²) >= 11 is 3.63. The molecule has 5 heteroatoms. The topological polar surface area (TPSA) is 29.0 Å². The van der Waals surface area contributed by atoms with E-state index in [1.807, 2.05) is 11.3 Å². The van der Waals surface area contributed by atoms with Gasteiger partial charge in [-0.3, -0.25) is 0 Å². The molecule has 3 nitrogen and oxygen atoms in total. The Balaban J connectivity index is 1.86. The lowest BCUT2D eigenvalue weighted by Gasteiger charge is -2.25. The van der Waals surface area contributed by atoms with Crippen LogP contribution in [0.2, 0.25) is 0 Å². The molecular formula is C16H17N3S2. The second-order valence-corrected chi connectivity index (χ2v) is 7.71. The van der Waals surface area contributed by atoms with Crippen molar-refractivity contribution in [1.82, 2.24) is 9.97 Å². The first-order valence-electron chi connectivity index (χ1n) is 7.26. The second kappa shape index (κ2) is 5.07. The van der Waals surface area contributed by atoms with Crippen molar-refractivity contribution in [2.24, 2.45) is 0 Å². The molecule has 0 amide bonds. The number of hydrogen-bond donors (Lipinski definition) is 0. The monoisotopic (exact) mass is 315 g/mol. The highest BCUT2D eigenvalue weighted by Crippen LogP contribution is 2.42. The normalized spacial score (nSPS) is 18.8. The Morgan fingerprint density at radius 2 is 2.19 bits per heavy atom. The smallest absolute Gasteiger partial charge is 0.141 e. The molecule has 4 heterocycles. The summed E-state index contributed by atoms with van der Waals surface area (Å²) in [6, 6.07) is 4.87. The molecule has 3 aromatic heterocycles. The van der Waals surface area contributed by atoms with Gasteiger partial charge in [-0.05, 0) is 43.7 Å². The van der Waals surface area contributed by atoms with Gasteiger partial charge in [0.15, 0.2) is 0 Å². The van der Waals surface area contributed by atoms with Crippen LogP contribution in [0, 0.1) is 13.8 Å². The largest absolute Gasteiger partial charge is 0.348 e. The van der Waals surface area contributed by atoms with E-state index in [0.29, 0.717) is 6.04 Å². The highest BCUT2D eigenvalue weighted by Gasteiger charge is 2.30. The van der Waals surface area contributed by atoms with E-state index in [9.17, 15) is 0 Å². The number of fused-ring (bicyclic) bond motifs is 1. The summed E-state index contributed by atoms with van der Waals surface area (Å²) in [4.78, 5) is 15.5. The van der Waals surface area contributed by atoms with Crippen LogP contribution >= 0.6 is 22.7 Å². The number of aryl methyl sites for hydroxylation is 2. The van der Waals surface area contributed by atoms with Crippen molar-refractivity contribution in [1.29, 1.82) is 0 Å². The quantitative estimate of drug-likeness (QED) is 0.685. The van der Waals surface area contributed by atoms with Gasteiger partial charge in [0.05, 0.1) is 11.4 Å². The fraction of sp³-hybridized carbons (Fsp3) is 0.375. The Morgan fingerprint density at radius 3 is 3.00 bits per heavy atom. The molecule has 0 bridgehead atoms. The predicted molar refractivity (Wildman–Crippen MR) is 90.5 cm³/mol. The van der Waals surface area contributed by atoms with Gasteiger partial charge in [-0.25, -0.2) is 9.97 Å². The first-order chi connectivity index (χ1) is 10.3. The van der Waals surface area contributed by atoms with Crippen LogP contribution in [0.5, 0.6) is 0 Å². The maximum absolute atomic E-state index is 4.65.